The summed E-state index contributed by atoms with van der Waals surface area (Å²) in [6.45, 7) is 7.56. The molecule has 1 saturated carbocycles. The highest BCUT2D eigenvalue weighted by atomic mass is 16.3. The van der Waals surface area contributed by atoms with E-state index in [4.69, 9.17) is 0 Å². The summed E-state index contributed by atoms with van der Waals surface area (Å²) in [7, 11) is 0. The molecular formula is C14H28N2O. The van der Waals surface area contributed by atoms with Gasteiger partial charge in [-0.2, -0.15) is 0 Å². The Hall–Kier alpha value is -0.120. The first-order valence-corrected chi connectivity index (χ1v) is 7.18. The molecule has 2 rings (SSSR count). The van der Waals surface area contributed by atoms with E-state index in [9.17, 15) is 5.11 Å². The van der Waals surface area contributed by atoms with Crippen molar-refractivity contribution in [2.45, 2.75) is 64.0 Å². The highest BCUT2D eigenvalue weighted by molar-refractivity contribution is 4.93. The predicted molar refractivity (Wildman–Crippen MR) is 71.1 cm³/mol. The molecule has 0 spiro atoms. The van der Waals surface area contributed by atoms with Crippen LogP contribution in [0.5, 0.6) is 0 Å². The molecule has 1 atom stereocenters. The summed E-state index contributed by atoms with van der Waals surface area (Å²) in [5.74, 6) is 0. The van der Waals surface area contributed by atoms with Crippen molar-refractivity contribution in [3.05, 3.63) is 0 Å². The number of nitrogens with one attached hydrogen (secondary N) is 2. The van der Waals surface area contributed by atoms with E-state index in [0.29, 0.717) is 11.5 Å². The number of hydrogen-bond acceptors (Lipinski definition) is 3. The van der Waals surface area contributed by atoms with Crippen molar-refractivity contribution in [1.82, 2.24) is 10.6 Å². The van der Waals surface area contributed by atoms with Gasteiger partial charge in [0.05, 0.1) is 5.60 Å². The van der Waals surface area contributed by atoms with Gasteiger partial charge >= 0.3 is 0 Å². The maximum atomic E-state index is 10.5. The van der Waals surface area contributed by atoms with Crippen LogP contribution in [0.15, 0.2) is 0 Å². The molecule has 1 saturated heterocycles. The molecule has 3 nitrogen and oxygen atoms in total. The largest absolute Gasteiger partial charge is 0.389 e. The minimum Gasteiger partial charge on any atom is -0.389 e. The second-order valence-electron chi connectivity index (χ2n) is 6.67. The lowest BCUT2D eigenvalue weighted by Crippen LogP contribution is -2.56. The third-order valence-corrected chi connectivity index (χ3v) is 4.60. The van der Waals surface area contributed by atoms with Crippen LogP contribution in [0.3, 0.4) is 0 Å². The summed E-state index contributed by atoms with van der Waals surface area (Å²) >= 11 is 0. The topological polar surface area (TPSA) is 44.3 Å². The molecule has 3 heteroatoms. The van der Waals surface area contributed by atoms with E-state index in [2.05, 4.69) is 24.5 Å². The van der Waals surface area contributed by atoms with Crippen molar-refractivity contribution in [3.63, 3.8) is 0 Å². The van der Waals surface area contributed by atoms with Crippen molar-refractivity contribution in [3.8, 4) is 0 Å². The van der Waals surface area contributed by atoms with Gasteiger partial charge in [-0.05, 0) is 31.2 Å². The van der Waals surface area contributed by atoms with E-state index in [0.717, 1.165) is 32.5 Å². The van der Waals surface area contributed by atoms with Gasteiger partial charge in [0.15, 0.2) is 0 Å². The van der Waals surface area contributed by atoms with E-state index < -0.39 is 5.60 Å². The molecule has 2 fully saturated rings. The van der Waals surface area contributed by atoms with Crippen LogP contribution in [0.25, 0.3) is 0 Å². The van der Waals surface area contributed by atoms with Crippen molar-refractivity contribution in [2.24, 2.45) is 5.41 Å². The maximum absolute atomic E-state index is 10.5. The Morgan fingerprint density at radius 2 is 1.94 bits per heavy atom. The smallest absolute Gasteiger partial charge is 0.0771 e. The van der Waals surface area contributed by atoms with E-state index in [1.54, 1.807) is 0 Å². The minimum absolute atomic E-state index is 0.295. The van der Waals surface area contributed by atoms with Crippen LogP contribution in [-0.4, -0.2) is 36.4 Å². The highest BCUT2D eigenvalue weighted by Gasteiger charge is 2.35. The molecule has 17 heavy (non-hydrogen) atoms. The summed E-state index contributed by atoms with van der Waals surface area (Å²) in [6, 6.07) is 0.537. The van der Waals surface area contributed by atoms with E-state index in [1.807, 2.05) is 0 Å². The molecular weight excluding hydrogens is 212 g/mol. The summed E-state index contributed by atoms with van der Waals surface area (Å²) in [4.78, 5) is 0. The SMILES string of the molecule is CC1(C)CNCCC1NCC1(O)CCCCC1. The third kappa shape index (κ3) is 3.43. The Balaban J connectivity index is 1.84. The average molecular weight is 240 g/mol. The maximum Gasteiger partial charge on any atom is 0.0771 e. The zero-order valence-electron chi connectivity index (χ0n) is 11.4. The summed E-state index contributed by atoms with van der Waals surface area (Å²) in [5.41, 5.74) is -0.136. The van der Waals surface area contributed by atoms with Crippen molar-refractivity contribution >= 4 is 0 Å². The number of aliphatic hydroxyl groups is 1. The zero-order valence-corrected chi connectivity index (χ0v) is 11.4. The van der Waals surface area contributed by atoms with Gasteiger partial charge in [0.2, 0.25) is 0 Å². The standard InChI is InChI=1S/C14H28N2O/c1-13(2)10-15-9-6-12(13)16-11-14(17)7-4-3-5-8-14/h12,15-17H,3-11H2,1-2H3. The fourth-order valence-corrected chi connectivity index (χ4v) is 3.25. The predicted octanol–water partition coefficient (Wildman–Crippen LogP) is 1.66. The summed E-state index contributed by atoms with van der Waals surface area (Å²) < 4.78 is 0. The summed E-state index contributed by atoms with van der Waals surface area (Å²) in [5, 5.41) is 17.6. The van der Waals surface area contributed by atoms with Crippen LogP contribution in [0, 0.1) is 5.41 Å². The number of rotatable bonds is 3. The molecule has 1 aliphatic heterocycles. The van der Waals surface area contributed by atoms with E-state index >= 15 is 0 Å². The molecule has 100 valence electrons. The Morgan fingerprint density at radius 1 is 1.24 bits per heavy atom. The second-order valence-corrected chi connectivity index (χ2v) is 6.67. The molecule has 1 unspecified atom stereocenters. The summed E-state index contributed by atoms with van der Waals surface area (Å²) in [6.07, 6.45) is 6.79. The molecule has 0 aromatic rings. The van der Waals surface area contributed by atoms with Crippen molar-refractivity contribution < 1.29 is 5.11 Å². The Labute approximate surface area is 105 Å². The van der Waals surface area contributed by atoms with Crippen LogP contribution in [0.2, 0.25) is 0 Å². The lowest BCUT2D eigenvalue weighted by Gasteiger charge is -2.42. The first-order chi connectivity index (χ1) is 8.02. The van der Waals surface area contributed by atoms with Gasteiger partial charge in [0, 0.05) is 19.1 Å². The molecule has 1 heterocycles. The molecule has 3 N–H and O–H groups in total. The van der Waals surface area contributed by atoms with Crippen LogP contribution in [0.1, 0.15) is 52.4 Å². The molecule has 0 aromatic heterocycles. The van der Waals surface area contributed by atoms with E-state index in [-0.39, 0.29) is 0 Å². The minimum atomic E-state index is -0.431. The van der Waals surface area contributed by atoms with E-state index in [1.165, 1.54) is 25.7 Å². The molecule has 1 aliphatic carbocycles. The second kappa shape index (κ2) is 5.25. The van der Waals surface area contributed by atoms with Crippen LogP contribution >= 0.6 is 0 Å². The molecule has 0 aromatic carbocycles. The molecule has 0 amide bonds. The molecule has 0 radical (unpaired) electrons. The van der Waals surface area contributed by atoms with Gasteiger partial charge in [0.25, 0.3) is 0 Å². The van der Waals surface area contributed by atoms with Gasteiger partial charge in [-0.1, -0.05) is 33.1 Å². The molecule has 0 bridgehead atoms. The van der Waals surface area contributed by atoms with Gasteiger partial charge in [0.1, 0.15) is 0 Å². The van der Waals surface area contributed by atoms with Crippen molar-refractivity contribution in [1.29, 1.82) is 0 Å². The van der Waals surface area contributed by atoms with Crippen molar-refractivity contribution in [2.75, 3.05) is 19.6 Å². The number of hydrogen-bond donors (Lipinski definition) is 3. The lowest BCUT2D eigenvalue weighted by atomic mass is 9.79. The van der Waals surface area contributed by atoms with Crippen LogP contribution in [0.4, 0.5) is 0 Å². The van der Waals surface area contributed by atoms with Gasteiger partial charge in [-0.25, -0.2) is 0 Å². The quantitative estimate of drug-likeness (QED) is 0.703. The monoisotopic (exact) mass is 240 g/mol. The molecule has 2 aliphatic rings. The Morgan fingerprint density at radius 3 is 2.59 bits per heavy atom. The van der Waals surface area contributed by atoms with Crippen LogP contribution in [-0.2, 0) is 0 Å². The average Bonchev–Trinajstić information content (AvgIpc) is 2.28. The Bertz CT molecular complexity index is 247. The number of piperidine rings is 1. The van der Waals surface area contributed by atoms with Gasteiger partial charge in [-0.15, -0.1) is 0 Å². The first-order valence-electron chi connectivity index (χ1n) is 7.18. The third-order valence-electron chi connectivity index (χ3n) is 4.60. The zero-order chi connectivity index (χ0) is 12.4. The normalized spacial score (nSPS) is 32.3. The Kier molecular flexibility index (Phi) is 4.11. The fourth-order valence-electron chi connectivity index (χ4n) is 3.25. The van der Waals surface area contributed by atoms with Gasteiger partial charge < -0.3 is 15.7 Å². The first kappa shape index (κ1) is 13.3. The highest BCUT2D eigenvalue weighted by Crippen LogP contribution is 2.29. The van der Waals surface area contributed by atoms with Gasteiger partial charge in [-0.3, -0.25) is 0 Å². The fraction of sp³-hybridized carbons (Fsp3) is 1.00. The van der Waals surface area contributed by atoms with Crippen LogP contribution < -0.4 is 10.6 Å². The lowest BCUT2D eigenvalue weighted by molar-refractivity contribution is -0.00281.